The van der Waals surface area contributed by atoms with Gasteiger partial charge in [0.2, 0.25) is 0 Å². The monoisotopic (exact) mass is 378 g/mol. The van der Waals surface area contributed by atoms with Crippen LogP contribution < -0.4 is 20.5 Å². The summed E-state index contributed by atoms with van der Waals surface area (Å²) in [7, 11) is 1.60. The molecule has 26 heavy (non-hydrogen) atoms. The predicted molar refractivity (Wildman–Crippen MR) is 102 cm³/mol. The van der Waals surface area contributed by atoms with Crippen molar-refractivity contribution in [2.75, 3.05) is 19.0 Å². The Bertz CT molecular complexity index is 724. The number of methoxy groups -OCH3 is 1. The number of carbonyl (C=O) groups is 1. The number of anilines is 1. The van der Waals surface area contributed by atoms with Crippen molar-refractivity contribution in [2.24, 2.45) is 5.73 Å². The van der Waals surface area contributed by atoms with Gasteiger partial charge in [0.1, 0.15) is 11.9 Å². The Balaban J connectivity index is 0.00000243. The number of nitrogens with one attached hydrogen (secondary N) is 1. The standard InChI is InChI=1S/C19H22N2O4.ClH/c1-23-16-4-2-3-5-17(16)24-14-8-6-13(7-9-14)21-19(22)18-11-10-15(12-20)25-18;/h2-9,15,18H,10-12,20H2,1H3,(H,21,22);1H/t15-,18+;/m1./s1. The summed E-state index contributed by atoms with van der Waals surface area (Å²) < 4.78 is 16.7. The molecule has 1 aliphatic heterocycles. The third-order valence-electron chi connectivity index (χ3n) is 4.08. The topological polar surface area (TPSA) is 82.8 Å². The third kappa shape index (κ3) is 4.88. The largest absolute Gasteiger partial charge is 0.493 e. The van der Waals surface area contributed by atoms with Gasteiger partial charge in [-0.15, -0.1) is 12.4 Å². The molecule has 1 amide bonds. The molecule has 2 aromatic carbocycles. The molecule has 3 N–H and O–H groups in total. The summed E-state index contributed by atoms with van der Waals surface area (Å²) in [4.78, 5) is 12.2. The summed E-state index contributed by atoms with van der Waals surface area (Å²) in [5.41, 5.74) is 6.26. The number of ether oxygens (including phenoxy) is 3. The van der Waals surface area contributed by atoms with E-state index in [1.807, 2.05) is 24.3 Å². The molecule has 0 saturated carbocycles. The van der Waals surface area contributed by atoms with Crippen molar-refractivity contribution in [2.45, 2.75) is 25.0 Å². The van der Waals surface area contributed by atoms with Gasteiger partial charge in [-0.2, -0.15) is 0 Å². The van der Waals surface area contributed by atoms with Crippen LogP contribution in [0.3, 0.4) is 0 Å². The van der Waals surface area contributed by atoms with Gasteiger partial charge < -0.3 is 25.3 Å². The molecule has 0 radical (unpaired) electrons. The van der Waals surface area contributed by atoms with Gasteiger partial charge >= 0.3 is 0 Å². The molecule has 1 heterocycles. The number of benzene rings is 2. The number of nitrogens with two attached hydrogens (primary N) is 1. The molecule has 0 bridgehead atoms. The average Bonchev–Trinajstić information content (AvgIpc) is 3.13. The maximum atomic E-state index is 12.2. The van der Waals surface area contributed by atoms with E-state index in [-0.39, 0.29) is 24.4 Å². The molecule has 0 spiro atoms. The van der Waals surface area contributed by atoms with E-state index in [4.69, 9.17) is 19.9 Å². The van der Waals surface area contributed by atoms with Crippen molar-refractivity contribution in [1.82, 2.24) is 0 Å². The van der Waals surface area contributed by atoms with E-state index in [9.17, 15) is 4.79 Å². The van der Waals surface area contributed by atoms with Gasteiger partial charge in [0, 0.05) is 12.2 Å². The van der Waals surface area contributed by atoms with Gasteiger partial charge in [0.05, 0.1) is 13.2 Å². The molecule has 3 rings (SSSR count). The quantitative estimate of drug-likeness (QED) is 0.805. The number of rotatable bonds is 6. The van der Waals surface area contributed by atoms with Gasteiger partial charge in [-0.05, 0) is 49.2 Å². The zero-order valence-electron chi connectivity index (χ0n) is 14.5. The molecule has 0 unspecified atom stereocenters. The molecule has 1 fully saturated rings. The highest BCUT2D eigenvalue weighted by molar-refractivity contribution is 5.94. The van der Waals surface area contributed by atoms with E-state index in [1.165, 1.54) is 0 Å². The molecule has 140 valence electrons. The number of halogens is 1. The minimum Gasteiger partial charge on any atom is -0.493 e. The zero-order chi connectivity index (χ0) is 17.6. The summed E-state index contributed by atoms with van der Waals surface area (Å²) in [5, 5.41) is 2.86. The lowest BCUT2D eigenvalue weighted by molar-refractivity contribution is -0.126. The molecule has 7 heteroatoms. The first-order valence-corrected chi connectivity index (χ1v) is 8.27. The third-order valence-corrected chi connectivity index (χ3v) is 4.08. The first kappa shape index (κ1) is 20.0. The molecular formula is C19H23ClN2O4. The van der Waals surface area contributed by atoms with Crippen molar-refractivity contribution in [3.05, 3.63) is 48.5 Å². The summed E-state index contributed by atoms with van der Waals surface area (Å²) in [6.45, 7) is 0.443. The number of hydrogen-bond donors (Lipinski definition) is 2. The maximum Gasteiger partial charge on any atom is 0.253 e. The van der Waals surface area contributed by atoms with Crippen LogP contribution in [0.25, 0.3) is 0 Å². The predicted octanol–water partition coefficient (Wildman–Crippen LogP) is 3.35. The van der Waals surface area contributed by atoms with Crippen LogP contribution in [0.5, 0.6) is 17.2 Å². The summed E-state index contributed by atoms with van der Waals surface area (Å²) >= 11 is 0. The van der Waals surface area contributed by atoms with E-state index in [0.717, 1.165) is 6.42 Å². The fraction of sp³-hybridized carbons (Fsp3) is 0.316. The van der Waals surface area contributed by atoms with Crippen molar-refractivity contribution in [1.29, 1.82) is 0 Å². The number of carbonyl (C=O) groups excluding carboxylic acids is 1. The summed E-state index contributed by atoms with van der Waals surface area (Å²) in [6, 6.07) is 14.6. The summed E-state index contributed by atoms with van der Waals surface area (Å²) in [5.74, 6) is 1.80. The minimum atomic E-state index is -0.432. The molecule has 0 aromatic heterocycles. The Labute approximate surface area is 159 Å². The Hall–Kier alpha value is -2.28. The molecule has 6 nitrogen and oxygen atoms in total. The molecular weight excluding hydrogens is 356 g/mol. The van der Waals surface area contributed by atoms with Gasteiger partial charge in [-0.1, -0.05) is 12.1 Å². The average molecular weight is 379 g/mol. The van der Waals surface area contributed by atoms with Crippen LogP contribution in [0.4, 0.5) is 5.69 Å². The second-order valence-electron chi connectivity index (χ2n) is 5.83. The van der Waals surface area contributed by atoms with Gasteiger partial charge in [0.15, 0.2) is 11.5 Å². The Morgan fingerprint density at radius 2 is 1.85 bits per heavy atom. The smallest absolute Gasteiger partial charge is 0.253 e. The van der Waals surface area contributed by atoms with Crippen LogP contribution in [0.2, 0.25) is 0 Å². The summed E-state index contributed by atoms with van der Waals surface area (Å²) in [6.07, 6.45) is 1.06. The second kappa shape index (κ2) is 9.43. The van der Waals surface area contributed by atoms with Gasteiger partial charge in [-0.25, -0.2) is 0 Å². The normalized spacial score (nSPS) is 18.7. The van der Waals surface area contributed by atoms with E-state index in [2.05, 4.69) is 5.32 Å². The van der Waals surface area contributed by atoms with E-state index >= 15 is 0 Å². The lowest BCUT2D eigenvalue weighted by atomic mass is 10.2. The van der Waals surface area contributed by atoms with Gasteiger partial charge in [0.25, 0.3) is 5.91 Å². The Morgan fingerprint density at radius 3 is 2.46 bits per heavy atom. The lowest BCUT2D eigenvalue weighted by Crippen LogP contribution is -2.29. The zero-order valence-corrected chi connectivity index (χ0v) is 15.3. The van der Waals surface area contributed by atoms with E-state index in [0.29, 0.717) is 35.9 Å². The second-order valence-corrected chi connectivity index (χ2v) is 5.83. The van der Waals surface area contributed by atoms with Crippen molar-refractivity contribution in [3.63, 3.8) is 0 Å². The highest BCUT2D eigenvalue weighted by Gasteiger charge is 2.29. The number of amides is 1. The van der Waals surface area contributed by atoms with Crippen molar-refractivity contribution >= 4 is 24.0 Å². The van der Waals surface area contributed by atoms with Crippen molar-refractivity contribution < 1.29 is 19.0 Å². The number of para-hydroxylation sites is 2. The SMILES string of the molecule is COc1ccccc1Oc1ccc(NC(=O)[C@@H]2CC[C@H](CN)O2)cc1.Cl. The van der Waals surface area contributed by atoms with Crippen LogP contribution in [-0.4, -0.2) is 31.8 Å². The highest BCUT2D eigenvalue weighted by atomic mass is 35.5. The van der Waals surface area contributed by atoms with Gasteiger partial charge in [-0.3, -0.25) is 4.79 Å². The maximum absolute atomic E-state index is 12.2. The fourth-order valence-corrected chi connectivity index (χ4v) is 2.73. The first-order chi connectivity index (χ1) is 12.2. The van der Waals surface area contributed by atoms with E-state index < -0.39 is 6.10 Å². The van der Waals surface area contributed by atoms with Crippen LogP contribution >= 0.6 is 12.4 Å². The molecule has 0 aliphatic carbocycles. The van der Waals surface area contributed by atoms with Crippen LogP contribution in [0.15, 0.2) is 48.5 Å². The minimum absolute atomic E-state index is 0. The lowest BCUT2D eigenvalue weighted by Gasteiger charge is -2.13. The van der Waals surface area contributed by atoms with Crippen LogP contribution in [-0.2, 0) is 9.53 Å². The van der Waals surface area contributed by atoms with Crippen LogP contribution in [0, 0.1) is 0 Å². The highest BCUT2D eigenvalue weighted by Crippen LogP contribution is 2.31. The molecule has 2 atom stereocenters. The molecule has 1 saturated heterocycles. The number of hydrogen-bond acceptors (Lipinski definition) is 5. The van der Waals surface area contributed by atoms with E-state index in [1.54, 1.807) is 31.4 Å². The Kier molecular flexibility index (Phi) is 7.26. The Morgan fingerprint density at radius 1 is 1.15 bits per heavy atom. The first-order valence-electron chi connectivity index (χ1n) is 8.27. The van der Waals surface area contributed by atoms with Crippen LogP contribution in [0.1, 0.15) is 12.8 Å². The fourth-order valence-electron chi connectivity index (χ4n) is 2.73. The molecule has 1 aliphatic rings. The molecule has 2 aromatic rings. The van der Waals surface area contributed by atoms with Crippen molar-refractivity contribution in [3.8, 4) is 17.2 Å².